The van der Waals surface area contributed by atoms with Crippen LogP contribution in [0.1, 0.15) is 29.4 Å². The maximum atomic E-state index is 12.0. The third-order valence-corrected chi connectivity index (χ3v) is 6.81. The van der Waals surface area contributed by atoms with Gasteiger partial charge in [0.15, 0.2) is 0 Å². The van der Waals surface area contributed by atoms with Crippen LogP contribution in [0.2, 0.25) is 0 Å². The number of aromatic hydroxyl groups is 1. The van der Waals surface area contributed by atoms with Crippen molar-refractivity contribution in [1.29, 1.82) is 0 Å². The molecule has 2 aromatic rings. The van der Waals surface area contributed by atoms with Gasteiger partial charge in [0.2, 0.25) is 10.0 Å². The van der Waals surface area contributed by atoms with Gasteiger partial charge in [-0.15, -0.1) is 0 Å². The molecule has 138 valence electrons. The lowest BCUT2D eigenvalue weighted by Gasteiger charge is -2.32. The number of fused-ring (bicyclic) bond motifs is 2. The van der Waals surface area contributed by atoms with Crippen LogP contribution in [0.15, 0.2) is 48.5 Å². The minimum absolute atomic E-state index is 0.00648. The topological polar surface area (TPSA) is 98.9 Å². The summed E-state index contributed by atoms with van der Waals surface area (Å²) in [6.07, 6.45) is -0.316. The summed E-state index contributed by atoms with van der Waals surface area (Å²) in [5.41, 5.74) is 2.01. The monoisotopic (exact) mass is 375 g/mol. The van der Waals surface area contributed by atoms with Crippen molar-refractivity contribution in [1.82, 2.24) is 0 Å². The van der Waals surface area contributed by atoms with Gasteiger partial charge in [0.25, 0.3) is 0 Å². The Morgan fingerprint density at radius 3 is 2.19 bits per heavy atom. The number of phenols is 1. The van der Waals surface area contributed by atoms with Gasteiger partial charge in [0.1, 0.15) is 16.7 Å². The Kier molecular flexibility index (Phi) is 4.17. The molecule has 0 spiro atoms. The number of phenolic OH excluding ortho intramolecular Hbond substituents is 1. The van der Waals surface area contributed by atoms with Gasteiger partial charge in [0.05, 0.1) is 19.3 Å². The zero-order valence-electron chi connectivity index (χ0n) is 14.3. The molecule has 3 N–H and O–H groups in total. The van der Waals surface area contributed by atoms with Crippen molar-refractivity contribution in [2.45, 2.75) is 35.7 Å². The Hall–Kier alpha value is -2.09. The van der Waals surface area contributed by atoms with Crippen LogP contribution in [0.3, 0.4) is 0 Å². The molecule has 2 aromatic carbocycles. The Labute approximate surface area is 152 Å². The number of primary sulfonamides is 1. The van der Waals surface area contributed by atoms with E-state index in [4.69, 9.17) is 14.6 Å². The van der Waals surface area contributed by atoms with E-state index in [0.717, 1.165) is 16.9 Å². The second-order valence-corrected chi connectivity index (χ2v) is 8.70. The molecule has 2 saturated heterocycles. The highest BCUT2D eigenvalue weighted by Gasteiger charge is 2.58. The molecule has 2 fully saturated rings. The van der Waals surface area contributed by atoms with Crippen LogP contribution in [0.5, 0.6) is 11.5 Å². The van der Waals surface area contributed by atoms with Crippen molar-refractivity contribution in [2.75, 3.05) is 7.11 Å². The normalized spacial score (nSPS) is 30.5. The summed E-state index contributed by atoms with van der Waals surface area (Å²) in [6, 6.07) is 14.6. The fourth-order valence-corrected chi connectivity index (χ4v) is 5.42. The maximum Gasteiger partial charge on any atom is 0.214 e. The first-order chi connectivity index (χ1) is 12.4. The number of hydrogen-bond acceptors (Lipinski definition) is 5. The fourth-order valence-electron chi connectivity index (χ4n) is 4.35. The van der Waals surface area contributed by atoms with Gasteiger partial charge in [-0.05, 0) is 41.8 Å². The summed E-state index contributed by atoms with van der Waals surface area (Å²) in [6.45, 7) is 0. The smallest absolute Gasteiger partial charge is 0.214 e. The van der Waals surface area contributed by atoms with Gasteiger partial charge < -0.3 is 14.6 Å². The first-order valence-corrected chi connectivity index (χ1v) is 10.1. The molecule has 0 saturated carbocycles. The summed E-state index contributed by atoms with van der Waals surface area (Å²) in [7, 11) is -2.09. The Morgan fingerprint density at radius 2 is 1.62 bits per heavy atom. The van der Waals surface area contributed by atoms with Crippen molar-refractivity contribution in [3.63, 3.8) is 0 Å². The highest BCUT2D eigenvalue weighted by Crippen LogP contribution is 2.55. The molecule has 0 amide bonds. The molecule has 2 aliphatic heterocycles. The first-order valence-electron chi connectivity index (χ1n) is 8.48. The van der Waals surface area contributed by atoms with E-state index >= 15 is 0 Å². The summed E-state index contributed by atoms with van der Waals surface area (Å²) in [4.78, 5) is 0. The summed E-state index contributed by atoms with van der Waals surface area (Å²) < 4.78 is 35.4. The zero-order chi connectivity index (χ0) is 18.5. The molecule has 6 nitrogen and oxygen atoms in total. The first kappa shape index (κ1) is 17.3. The van der Waals surface area contributed by atoms with E-state index in [1.807, 2.05) is 36.4 Å². The average molecular weight is 375 g/mol. The molecule has 0 aliphatic carbocycles. The molecular weight excluding hydrogens is 354 g/mol. The highest BCUT2D eigenvalue weighted by atomic mass is 32.2. The molecule has 0 radical (unpaired) electrons. The predicted octanol–water partition coefficient (Wildman–Crippen LogP) is 2.10. The second-order valence-electron chi connectivity index (χ2n) is 6.92. The van der Waals surface area contributed by atoms with Crippen molar-refractivity contribution < 1.29 is 23.0 Å². The highest BCUT2D eigenvalue weighted by molar-refractivity contribution is 7.89. The molecule has 26 heavy (non-hydrogen) atoms. The number of rotatable bonds is 4. The van der Waals surface area contributed by atoms with Gasteiger partial charge in [-0.25, -0.2) is 13.6 Å². The molecule has 4 rings (SSSR count). The van der Waals surface area contributed by atoms with Crippen LogP contribution in [0.25, 0.3) is 0 Å². The van der Waals surface area contributed by atoms with E-state index in [1.54, 1.807) is 19.2 Å². The largest absolute Gasteiger partial charge is 0.508 e. The van der Waals surface area contributed by atoms with Crippen molar-refractivity contribution in [2.24, 2.45) is 5.14 Å². The maximum absolute atomic E-state index is 12.0. The molecule has 0 unspecified atom stereocenters. The van der Waals surface area contributed by atoms with Gasteiger partial charge in [-0.2, -0.15) is 0 Å². The van der Waals surface area contributed by atoms with Crippen molar-refractivity contribution >= 4 is 10.0 Å². The fraction of sp³-hybridized carbons (Fsp3) is 0.368. The number of hydrogen-bond donors (Lipinski definition) is 2. The van der Waals surface area contributed by atoms with Gasteiger partial charge in [-0.1, -0.05) is 24.3 Å². The minimum atomic E-state index is -3.69. The van der Waals surface area contributed by atoms with E-state index in [9.17, 15) is 13.5 Å². The summed E-state index contributed by atoms with van der Waals surface area (Å²) >= 11 is 0. The molecule has 5 atom stereocenters. The average Bonchev–Trinajstić information content (AvgIpc) is 3.21. The molecule has 2 aliphatic rings. The number of sulfonamides is 1. The SMILES string of the molecule is COc1ccc([C@H]2[C@H]3O[C@H](C[C@@H]3S(N)(=O)=O)[C@@H]2c2ccc(O)cc2)cc1. The van der Waals surface area contributed by atoms with E-state index in [1.165, 1.54) is 0 Å². The minimum Gasteiger partial charge on any atom is -0.508 e. The molecule has 2 bridgehead atoms. The van der Waals surface area contributed by atoms with Crippen LogP contribution >= 0.6 is 0 Å². The molecule has 2 heterocycles. The molecule has 0 aromatic heterocycles. The number of nitrogens with two attached hydrogens (primary N) is 1. The third-order valence-electron chi connectivity index (χ3n) is 5.51. The van der Waals surface area contributed by atoms with Gasteiger partial charge in [-0.3, -0.25) is 0 Å². The van der Waals surface area contributed by atoms with Crippen LogP contribution < -0.4 is 9.88 Å². The molecule has 7 heteroatoms. The van der Waals surface area contributed by atoms with Gasteiger partial charge >= 0.3 is 0 Å². The van der Waals surface area contributed by atoms with Gasteiger partial charge in [0, 0.05) is 11.8 Å². The number of methoxy groups -OCH3 is 1. The lowest BCUT2D eigenvalue weighted by molar-refractivity contribution is 0.0979. The predicted molar refractivity (Wildman–Crippen MR) is 96.8 cm³/mol. The van der Waals surface area contributed by atoms with Crippen molar-refractivity contribution in [3.05, 3.63) is 59.7 Å². The summed E-state index contributed by atoms with van der Waals surface area (Å²) in [5.74, 6) is 0.808. The lowest BCUT2D eigenvalue weighted by atomic mass is 9.72. The Bertz CT molecular complexity index is 895. The quantitative estimate of drug-likeness (QED) is 0.853. The van der Waals surface area contributed by atoms with Crippen LogP contribution in [-0.2, 0) is 14.8 Å². The van der Waals surface area contributed by atoms with E-state index in [2.05, 4.69) is 0 Å². The van der Waals surface area contributed by atoms with E-state index in [-0.39, 0.29) is 23.7 Å². The van der Waals surface area contributed by atoms with E-state index < -0.39 is 21.4 Å². The Morgan fingerprint density at radius 1 is 1.04 bits per heavy atom. The standard InChI is InChI=1S/C19H21NO5S/c1-24-14-8-4-12(5-9-14)18-17(11-2-6-13(21)7-3-11)15-10-16(19(18)25-15)26(20,22)23/h2-9,15-19,21H,10H2,1H3,(H2,20,22,23)/t15-,16+,17+,18-,19+/m1/s1. The number of ether oxygens (including phenoxy) is 2. The van der Waals surface area contributed by atoms with Crippen molar-refractivity contribution in [3.8, 4) is 11.5 Å². The molecular formula is C19H21NO5S. The number of benzene rings is 2. The Balaban J connectivity index is 1.76. The summed E-state index contributed by atoms with van der Waals surface area (Å²) in [5, 5.41) is 14.3. The van der Waals surface area contributed by atoms with E-state index in [0.29, 0.717) is 6.42 Å². The van der Waals surface area contributed by atoms with Crippen LogP contribution in [0.4, 0.5) is 0 Å². The van der Waals surface area contributed by atoms with Crippen LogP contribution in [-0.4, -0.2) is 38.1 Å². The second kappa shape index (κ2) is 6.26. The zero-order valence-corrected chi connectivity index (χ0v) is 15.1. The van der Waals surface area contributed by atoms with Crippen LogP contribution in [0, 0.1) is 0 Å². The third kappa shape index (κ3) is 2.86. The lowest BCUT2D eigenvalue weighted by Crippen LogP contribution is -2.42.